The Morgan fingerprint density at radius 1 is 0.265 bits per heavy atom. The van der Waals surface area contributed by atoms with Gasteiger partial charge in [-0.05, 0) is 103 Å². The summed E-state index contributed by atoms with van der Waals surface area (Å²) in [6.45, 7) is 0. The van der Waals surface area contributed by atoms with Gasteiger partial charge in [-0.3, -0.25) is 0 Å². The predicted molar refractivity (Wildman–Crippen MR) is 210 cm³/mol. The van der Waals surface area contributed by atoms with Gasteiger partial charge in [-0.25, -0.2) is 0 Å². The molecule has 9 aromatic rings. The van der Waals surface area contributed by atoms with Gasteiger partial charge in [-0.15, -0.1) is 0 Å². The average Bonchev–Trinajstić information content (AvgIpc) is 3.18. The second-order valence-electron chi connectivity index (χ2n) is 12.6. The van der Waals surface area contributed by atoms with E-state index in [4.69, 9.17) is 0 Å². The predicted octanol–water partition coefficient (Wildman–Crippen LogP) is 13.6. The van der Waals surface area contributed by atoms with Crippen LogP contribution in [-0.2, 0) is 0 Å². The zero-order valence-corrected chi connectivity index (χ0v) is 27.0. The summed E-state index contributed by atoms with van der Waals surface area (Å²) in [5, 5.41) is 7.46. The van der Waals surface area contributed by atoms with Crippen molar-refractivity contribution >= 4 is 49.4 Å². The summed E-state index contributed by atoms with van der Waals surface area (Å²) in [6.07, 6.45) is 0. The first-order valence-electron chi connectivity index (χ1n) is 16.8. The van der Waals surface area contributed by atoms with Gasteiger partial charge in [0.15, 0.2) is 0 Å². The first kappa shape index (κ1) is 28.8. The number of rotatable bonds is 6. The Labute approximate surface area is 287 Å². The highest BCUT2D eigenvalue weighted by atomic mass is 15.1. The number of fused-ring (bicyclic) bond motifs is 3. The van der Waals surface area contributed by atoms with Gasteiger partial charge in [0, 0.05) is 16.8 Å². The normalized spacial score (nSPS) is 11.3. The van der Waals surface area contributed by atoms with E-state index in [9.17, 15) is 0 Å². The SMILES string of the molecule is c1ccc(-c2ccc(N(c3ccc(-c4ccc5ccccc5c4)cc3)c3ccc(-c4ccc5ccccc5c4)cc3)c3ccccc23)cc1. The molecule has 0 saturated carbocycles. The van der Waals surface area contributed by atoms with Crippen molar-refractivity contribution in [3.8, 4) is 33.4 Å². The maximum atomic E-state index is 2.39. The van der Waals surface area contributed by atoms with E-state index in [1.807, 2.05) is 0 Å². The summed E-state index contributed by atoms with van der Waals surface area (Å²) in [4.78, 5) is 2.39. The van der Waals surface area contributed by atoms with Crippen LogP contribution in [0.15, 0.2) is 200 Å². The highest BCUT2D eigenvalue weighted by Crippen LogP contribution is 2.43. The van der Waals surface area contributed by atoms with Crippen LogP contribution >= 0.6 is 0 Å². The minimum Gasteiger partial charge on any atom is -0.310 e. The lowest BCUT2D eigenvalue weighted by Crippen LogP contribution is -2.10. The molecule has 230 valence electrons. The quantitative estimate of drug-likeness (QED) is 0.178. The third kappa shape index (κ3) is 5.42. The van der Waals surface area contributed by atoms with Crippen molar-refractivity contribution in [2.45, 2.75) is 0 Å². The molecule has 0 radical (unpaired) electrons. The van der Waals surface area contributed by atoms with Gasteiger partial charge in [-0.2, -0.15) is 0 Å². The number of nitrogens with zero attached hydrogens (tertiary/aromatic N) is 1. The Balaban J connectivity index is 1.17. The Bertz CT molecular complexity index is 2460. The van der Waals surface area contributed by atoms with Gasteiger partial charge in [0.2, 0.25) is 0 Å². The van der Waals surface area contributed by atoms with Crippen LogP contribution in [0, 0.1) is 0 Å². The smallest absolute Gasteiger partial charge is 0.0540 e. The molecule has 0 aromatic heterocycles. The Kier molecular flexibility index (Phi) is 7.22. The molecule has 0 fully saturated rings. The van der Waals surface area contributed by atoms with Gasteiger partial charge < -0.3 is 4.90 Å². The fraction of sp³-hybridized carbons (Fsp3) is 0. The summed E-state index contributed by atoms with van der Waals surface area (Å²) in [6, 6.07) is 72.5. The summed E-state index contributed by atoms with van der Waals surface area (Å²) in [7, 11) is 0. The van der Waals surface area contributed by atoms with Crippen molar-refractivity contribution in [1.82, 2.24) is 0 Å². The van der Waals surface area contributed by atoms with E-state index in [2.05, 4.69) is 205 Å². The molecule has 0 unspecified atom stereocenters. The molecule has 0 aliphatic carbocycles. The van der Waals surface area contributed by atoms with Crippen LogP contribution in [0.5, 0.6) is 0 Å². The molecule has 0 saturated heterocycles. The van der Waals surface area contributed by atoms with Gasteiger partial charge in [0.25, 0.3) is 0 Å². The molecule has 0 aliphatic heterocycles. The summed E-state index contributed by atoms with van der Waals surface area (Å²) >= 11 is 0. The zero-order valence-electron chi connectivity index (χ0n) is 27.0. The standard InChI is InChI=1S/C48H33N/c1-2-12-38(13-3-1)45-30-31-48(47-17-9-8-16-46(45)47)49(43-26-22-36(23-27-43)41-20-18-34-10-4-6-14-39(34)32-41)44-28-24-37(25-29-44)42-21-19-35-11-5-7-15-40(35)33-42/h1-33H. The molecule has 0 bridgehead atoms. The first-order chi connectivity index (χ1) is 24.3. The van der Waals surface area contributed by atoms with Crippen LogP contribution in [0.2, 0.25) is 0 Å². The number of hydrogen-bond acceptors (Lipinski definition) is 1. The van der Waals surface area contributed by atoms with E-state index in [-0.39, 0.29) is 0 Å². The summed E-state index contributed by atoms with van der Waals surface area (Å²) < 4.78 is 0. The molecule has 49 heavy (non-hydrogen) atoms. The van der Waals surface area contributed by atoms with Gasteiger partial charge in [-0.1, -0.05) is 158 Å². The van der Waals surface area contributed by atoms with Crippen molar-refractivity contribution < 1.29 is 0 Å². The fourth-order valence-corrected chi connectivity index (χ4v) is 7.12. The molecule has 0 atom stereocenters. The Hall–Kier alpha value is -6.44. The van der Waals surface area contributed by atoms with E-state index in [0.29, 0.717) is 0 Å². The van der Waals surface area contributed by atoms with E-state index in [0.717, 1.165) is 17.1 Å². The molecular weight excluding hydrogens is 591 g/mol. The van der Waals surface area contributed by atoms with Gasteiger partial charge in [0.05, 0.1) is 5.69 Å². The minimum absolute atomic E-state index is 1.11. The third-order valence-corrected chi connectivity index (χ3v) is 9.64. The largest absolute Gasteiger partial charge is 0.310 e. The molecule has 0 amide bonds. The molecule has 0 spiro atoms. The first-order valence-corrected chi connectivity index (χ1v) is 16.8. The molecule has 9 rings (SSSR count). The topological polar surface area (TPSA) is 3.24 Å². The fourth-order valence-electron chi connectivity index (χ4n) is 7.12. The van der Waals surface area contributed by atoms with Crippen molar-refractivity contribution in [2.24, 2.45) is 0 Å². The monoisotopic (exact) mass is 623 g/mol. The third-order valence-electron chi connectivity index (χ3n) is 9.64. The van der Waals surface area contributed by atoms with Crippen LogP contribution in [0.4, 0.5) is 17.1 Å². The van der Waals surface area contributed by atoms with Crippen LogP contribution in [0.3, 0.4) is 0 Å². The highest BCUT2D eigenvalue weighted by molar-refractivity contribution is 6.06. The molecule has 9 aromatic carbocycles. The molecule has 0 heterocycles. The van der Waals surface area contributed by atoms with Gasteiger partial charge >= 0.3 is 0 Å². The van der Waals surface area contributed by atoms with Gasteiger partial charge in [0.1, 0.15) is 0 Å². The van der Waals surface area contributed by atoms with Crippen molar-refractivity contribution in [3.63, 3.8) is 0 Å². The average molecular weight is 624 g/mol. The van der Waals surface area contributed by atoms with Crippen LogP contribution in [0.25, 0.3) is 65.7 Å². The number of benzene rings is 9. The maximum absolute atomic E-state index is 2.39. The van der Waals surface area contributed by atoms with E-state index < -0.39 is 0 Å². The lowest BCUT2D eigenvalue weighted by atomic mass is 9.96. The van der Waals surface area contributed by atoms with Crippen LogP contribution in [-0.4, -0.2) is 0 Å². The Morgan fingerprint density at radius 2 is 0.714 bits per heavy atom. The zero-order chi connectivity index (χ0) is 32.6. The minimum atomic E-state index is 1.11. The van der Waals surface area contributed by atoms with E-state index in [1.54, 1.807) is 0 Å². The lowest BCUT2D eigenvalue weighted by Gasteiger charge is -2.28. The van der Waals surface area contributed by atoms with Crippen molar-refractivity contribution in [3.05, 3.63) is 200 Å². The summed E-state index contributed by atoms with van der Waals surface area (Å²) in [5.74, 6) is 0. The molecule has 0 N–H and O–H groups in total. The number of anilines is 3. The molecule has 1 heteroatoms. The van der Waals surface area contributed by atoms with E-state index >= 15 is 0 Å². The second kappa shape index (κ2) is 12.3. The molecule has 1 nitrogen and oxygen atoms in total. The lowest BCUT2D eigenvalue weighted by molar-refractivity contribution is 1.30. The number of hydrogen-bond donors (Lipinski definition) is 0. The molecule has 0 aliphatic rings. The highest BCUT2D eigenvalue weighted by Gasteiger charge is 2.18. The molecular formula is C48H33N. The van der Waals surface area contributed by atoms with Crippen LogP contribution in [0.1, 0.15) is 0 Å². The maximum Gasteiger partial charge on any atom is 0.0540 e. The summed E-state index contributed by atoms with van der Waals surface area (Å²) in [5.41, 5.74) is 10.7. The van der Waals surface area contributed by atoms with Crippen molar-refractivity contribution in [2.75, 3.05) is 4.90 Å². The second-order valence-corrected chi connectivity index (χ2v) is 12.6. The van der Waals surface area contributed by atoms with Crippen molar-refractivity contribution in [1.29, 1.82) is 0 Å². The van der Waals surface area contributed by atoms with Crippen LogP contribution < -0.4 is 4.90 Å². The van der Waals surface area contributed by atoms with E-state index in [1.165, 1.54) is 65.7 Å². The Morgan fingerprint density at radius 3 is 1.27 bits per heavy atom.